The van der Waals surface area contributed by atoms with E-state index in [9.17, 15) is 29.4 Å². The average Bonchev–Trinajstić information content (AvgIpc) is 3.72. The molecule has 6 rings (SSSR count). The number of hydrogen-bond donors (Lipinski definition) is 5. The number of fused-ring (bicyclic) bond motifs is 6. The second-order valence-electron chi connectivity index (χ2n) is 19.6. The molecule has 0 spiro atoms. The summed E-state index contributed by atoms with van der Waals surface area (Å²) in [5, 5.41) is 34.3. The number of rotatable bonds is 18. The lowest BCUT2D eigenvalue weighted by Gasteiger charge is -2.41. The highest BCUT2D eigenvalue weighted by Gasteiger charge is 2.42. The van der Waals surface area contributed by atoms with E-state index in [4.69, 9.17) is 19.0 Å². The zero-order chi connectivity index (χ0) is 47.6. The maximum Gasteiger partial charge on any atom is 0.407 e. The standard InChI is InChI=1S/C29H41NO5Si.C23H27NO5/c1-19(2)16-25(26(17-27(31)32)35-36(6,7)29(3,4)5)30-28(33)34-18-24-22-14-10-8-12-20(22)21-13-9-11-15-23(21)24;1-14(2)11-20(21(25)12-22(26)27)24-23(28)29-13-19-17-9-5-3-7-15(17)16-8-4-6-10-18(16)19/h8-15,19,24-26H,16-18H2,1-7H3,(H,30,33)(H,31,32);3-10,14,19-21,25H,11-13H2,1-2H3,(H,24,28)(H,26,27)/t25-,26-;20-,21-/m00/s1. The van der Waals surface area contributed by atoms with Gasteiger partial charge in [0.15, 0.2) is 8.32 Å². The minimum absolute atomic E-state index is 0.0370. The Labute approximate surface area is 385 Å². The molecular weight excluding hydrogens is 841 g/mol. The number of aliphatic hydroxyl groups excluding tert-OH is 1. The van der Waals surface area contributed by atoms with Crippen LogP contribution in [0.3, 0.4) is 0 Å². The first-order valence-electron chi connectivity index (χ1n) is 22.7. The molecule has 65 heavy (non-hydrogen) atoms. The molecule has 4 aromatic carbocycles. The van der Waals surface area contributed by atoms with Gasteiger partial charge >= 0.3 is 24.1 Å². The number of amides is 2. The molecule has 0 unspecified atom stereocenters. The summed E-state index contributed by atoms with van der Waals surface area (Å²) < 4.78 is 17.8. The smallest absolute Gasteiger partial charge is 0.407 e. The number of alkyl carbamates (subject to hydrolysis) is 2. The Morgan fingerprint density at radius 3 is 1.26 bits per heavy atom. The van der Waals surface area contributed by atoms with Crippen molar-refractivity contribution < 1.29 is 48.4 Å². The third kappa shape index (κ3) is 13.3. The maximum atomic E-state index is 13.0. The molecule has 4 aromatic rings. The van der Waals surface area contributed by atoms with Crippen LogP contribution < -0.4 is 10.6 Å². The highest BCUT2D eigenvalue weighted by atomic mass is 28.4. The first-order chi connectivity index (χ1) is 30.7. The molecule has 0 saturated carbocycles. The number of ether oxygens (including phenoxy) is 2. The molecule has 13 heteroatoms. The third-order valence-corrected chi connectivity index (χ3v) is 17.2. The van der Waals surface area contributed by atoms with Crippen molar-refractivity contribution >= 4 is 32.4 Å². The van der Waals surface area contributed by atoms with E-state index in [0.29, 0.717) is 12.8 Å². The number of aliphatic carboxylic acids is 2. The van der Waals surface area contributed by atoms with Gasteiger partial charge in [-0.25, -0.2) is 9.59 Å². The van der Waals surface area contributed by atoms with E-state index < -0.39 is 63.2 Å². The minimum atomic E-state index is -2.27. The second kappa shape index (κ2) is 22.1. The molecule has 0 radical (unpaired) electrons. The van der Waals surface area contributed by atoms with Crippen LogP contribution in [0.2, 0.25) is 18.1 Å². The highest BCUT2D eigenvalue weighted by molar-refractivity contribution is 6.74. The van der Waals surface area contributed by atoms with Crippen molar-refractivity contribution in [3.8, 4) is 22.3 Å². The average molecular weight is 909 g/mol. The first-order valence-corrected chi connectivity index (χ1v) is 25.6. The van der Waals surface area contributed by atoms with Gasteiger partial charge in [0.1, 0.15) is 13.2 Å². The third-order valence-electron chi connectivity index (χ3n) is 12.7. The van der Waals surface area contributed by atoms with E-state index in [1.165, 1.54) is 11.1 Å². The van der Waals surface area contributed by atoms with Gasteiger partial charge in [0.2, 0.25) is 0 Å². The van der Waals surface area contributed by atoms with Gasteiger partial charge < -0.3 is 39.9 Å². The van der Waals surface area contributed by atoms with Crippen LogP contribution in [0.4, 0.5) is 9.59 Å². The van der Waals surface area contributed by atoms with E-state index in [0.717, 1.165) is 33.4 Å². The highest BCUT2D eigenvalue weighted by Crippen LogP contribution is 2.46. The summed E-state index contributed by atoms with van der Waals surface area (Å²) in [4.78, 5) is 48.1. The predicted molar refractivity (Wildman–Crippen MR) is 255 cm³/mol. The lowest BCUT2D eigenvalue weighted by Crippen LogP contribution is -2.53. The van der Waals surface area contributed by atoms with Crippen LogP contribution in [-0.4, -0.2) is 85.3 Å². The van der Waals surface area contributed by atoms with Gasteiger partial charge in [0, 0.05) is 11.8 Å². The Morgan fingerprint density at radius 2 is 0.923 bits per heavy atom. The maximum absolute atomic E-state index is 13.0. The number of carboxylic acid groups (broad SMARTS) is 2. The molecule has 350 valence electrons. The van der Waals surface area contributed by atoms with Crippen LogP contribution >= 0.6 is 0 Å². The topological polar surface area (TPSA) is 181 Å². The number of carbonyl (C=O) groups excluding carboxylic acids is 2. The molecule has 0 bridgehead atoms. The van der Waals surface area contributed by atoms with Gasteiger partial charge in [0.25, 0.3) is 0 Å². The van der Waals surface area contributed by atoms with Crippen molar-refractivity contribution in [1.82, 2.24) is 10.6 Å². The summed E-state index contributed by atoms with van der Waals surface area (Å²) >= 11 is 0. The van der Waals surface area contributed by atoms with Gasteiger partial charge in [-0.1, -0.05) is 146 Å². The number of benzene rings is 4. The summed E-state index contributed by atoms with van der Waals surface area (Å²) in [5.74, 6) is -1.73. The quantitative estimate of drug-likeness (QED) is 0.0603. The van der Waals surface area contributed by atoms with Gasteiger partial charge in [-0.15, -0.1) is 0 Å². The summed E-state index contributed by atoms with van der Waals surface area (Å²) in [7, 11) is -2.27. The zero-order valence-corrected chi connectivity index (χ0v) is 40.3. The normalized spacial score (nSPS) is 15.0. The second-order valence-corrected chi connectivity index (χ2v) is 24.3. The molecule has 0 aliphatic heterocycles. The van der Waals surface area contributed by atoms with Crippen LogP contribution in [0, 0.1) is 11.8 Å². The largest absolute Gasteiger partial charge is 0.481 e. The zero-order valence-electron chi connectivity index (χ0n) is 39.3. The fourth-order valence-corrected chi connectivity index (χ4v) is 9.89. The Balaban J connectivity index is 0.000000250. The summed E-state index contributed by atoms with van der Waals surface area (Å²) in [6.45, 7) is 18.9. The molecule has 2 aliphatic carbocycles. The molecule has 2 amide bonds. The number of carbonyl (C=O) groups is 4. The van der Waals surface area contributed by atoms with Gasteiger partial charge in [-0.2, -0.15) is 0 Å². The van der Waals surface area contributed by atoms with E-state index >= 15 is 0 Å². The SMILES string of the molecule is CC(C)C[C@H](NC(=O)OCC1c2ccccc2-c2ccccc21)[C@@H](O)CC(=O)O.CC(C)C[C@H](NC(=O)OCC1c2ccccc2-c2ccccc21)[C@H](CC(=O)O)O[Si](C)(C)C(C)(C)C. The Hall–Kier alpha value is -5.50. The Morgan fingerprint density at radius 1 is 0.585 bits per heavy atom. The van der Waals surface area contributed by atoms with Crippen LogP contribution in [-0.2, 0) is 23.5 Å². The summed E-state index contributed by atoms with van der Waals surface area (Å²) in [6.07, 6.45) is -2.55. The summed E-state index contributed by atoms with van der Waals surface area (Å²) in [6, 6.07) is 31.4. The fraction of sp³-hybridized carbons (Fsp3) is 0.462. The number of nitrogens with one attached hydrogen (secondary N) is 2. The van der Waals surface area contributed by atoms with Crippen LogP contribution in [0.25, 0.3) is 22.3 Å². The molecule has 2 aliphatic rings. The molecule has 12 nitrogen and oxygen atoms in total. The van der Waals surface area contributed by atoms with Crippen molar-refractivity contribution in [2.75, 3.05) is 13.2 Å². The van der Waals surface area contributed by atoms with Gasteiger partial charge in [-0.05, 0) is 87.3 Å². The van der Waals surface area contributed by atoms with Crippen LogP contribution in [0.5, 0.6) is 0 Å². The number of hydrogen-bond acceptors (Lipinski definition) is 8. The van der Waals surface area contributed by atoms with E-state index in [-0.39, 0.29) is 48.3 Å². The van der Waals surface area contributed by atoms with E-state index in [1.807, 2.05) is 74.5 Å². The molecule has 0 aromatic heterocycles. The monoisotopic (exact) mass is 908 g/mol. The van der Waals surface area contributed by atoms with Crippen molar-refractivity contribution in [3.63, 3.8) is 0 Å². The van der Waals surface area contributed by atoms with Crippen LogP contribution in [0.15, 0.2) is 97.1 Å². The molecule has 4 atom stereocenters. The number of carboxylic acids is 2. The predicted octanol–water partition coefficient (Wildman–Crippen LogP) is 10.6. The Bertz CT molecular complexity index is 2180. The fourth-order valence-electron chi connectivity index (χ4n) is 8.53. The molecule has 0 saturated heterocycles. The molecule has 0 fully saturated rings. The van der Waals surface area contributed by atoms with E-state index in [2.05, 4.69) is 94.7 Å². The molecular formula is C52H68N2O10Si. The van der Waals surface area contributed by atoms with E-state index in [1.54, 1.807) is 0 Å². The summed E-state index contributed by atoms with van der Waals surface area (Å²) in [5.41, 5.74) is 9.16. The molecule has 5 N–H and O–H groups in total. The number of aliphatic hydroxyl groups is 1. The molecule has 0 heterocycles. The first kappa shape index (κ1) is 50.5. The van der Waals surface area contributed by atoms with Crippen molar-refractivity contribution in [3.05, 3.63) is 119 Å². The van der Waals surface area contributed by atoms with Gasteiger partial charge in [0.05, 0.1) is 37.1 Å². The Kier molecular flexibility index (Phi) is 17.2. The van der Waals surface area contributed by atoms with Gasteiger partial charge in [-0.3, -0.25) is 9.59 Å². The lowest BCUT2D eigenvalue weighted by atomic mass is 9.97. The lowest BCUT2D eigenvalue weighted by molar-refractivity contribution is -0.140. The minimum Gasteiger partial charge on any atom is -0.481 e. The van der Waals surface area contributed by atoms with Crippen molar-refractivity contribution in [1.29, 1.82) is 0 Å². The van der Waals surface area contributed by atoms with Crippen molar-refractivity contribution in [2.45, 2.75) is 128 Å². The van der Waals surface area contributed by atoms with Crippen molar-refractivity contribution in [2.24, 2.45) is 11.8 Å². The van der Waals surface area contributed by atoms with Crippen LogP contribution in [0.1, 0.15) is 108 Å².